The lowest BCUT2D eigenvalue weighted by molar-refractivity contribution is -0.146. The number of benzene rings is 2. The molecular formula is C23H21N3O6S. The maximum absolute atomic E-state index is 12.3. The molecule has 10 heteroatoms. The number of alkyl carbamates (subject to hydrolysis) is 1. The Balaban J connectivity index is 1.29. The van der Waals surface area contributed by atoms with Crippen LogP contribution in [0.15, 0.2) is 53.9 Å². The minimum absolute atomic E-state index is 0.0422. The van der Waals surface area contributed by atoms with Crippen LogP contribution in [0.1, 0.15) is 32.5 Å². The van der Waals surface area contributed by atoms with Crippen LogP contribution < -0.4 is 10.6 Å². The number of hydrogen-bond acceptors (Lipinski definition) is 7. The van der Waals surface area contributed by atoms with Gasteiger partial charge >= 0.3 is 12.1 Å². The molecule has 170 valence electrons. The molecule has 1 unspecified atom stereocenters. The molecule has 4 rings (SSSR count). The number of fused-ring (bicyclic) bond motifs is 3. The van der Waals surface area contributed by atoms with Gasteiger partial charge < -0.3 is 25.6 Å². The highest BCUT2D eigenvalue weighted by molar-refractivity contribution is 7.09. The molecule has 1 heterocycles. The third-order valence-corrected chi connectivity index (χ3v) is 6.10. The number of carbonyl (C=O) groups excluding carboxylic acids is 2. The second-order valence-electron chi connectivity index (χ2n) is 7.37. The third-order valence-electron chi connectivity index (χ3n) is 5.25. The van der Waals surface area contributed by atoms with Crippen molar-refractivity contribution in [2.45, 2.75) is 18.6 Å². The van der Waals surface area contributed by atoms with Crippen LogP contribution in [-0.4, -0.2) is 52.4 Å². The first-order valence-corrected chi connectivity index (χ1v) is 11.0. The highest BCUT2D eigenvalue weighted by atomic mass is 32.1. The quantitative estimate of drug-likeness (QED) is 0.399. The zero-order valence-electron chi connectivity index (χ0n) is 17.4. The van der Waals surface area contributed by atoms with E-state index in [4.69, 9.17) is 9.84 Å². The van der Waals surface area contributed by atoms with Crippen molar-refractivity contribution in [3.05, 3.63) is 75.7 Å². The minimum Gasteiger partial charge on any atom is -0.479 e. The van der Waals surface area contributed by atoms with Crippen LogP contribution in [0.25, 0.3) is 11.1 Å². The van der Waals surface area contributed by atoms with E-state index in [2.05, 4.69) is 27.8 Å². The summed E-state index contributed by atoms with van der Waals surface area (Å²) in [5.74, 6) is -2.08. The molecule has 0 fully saturated rings. The number of hydrogen-bond donors (Lipinski definition) is 4. The fraction of sp³-hybridized carbons (Fsp3) is 0.217. The number of carboxylic acids is 1. The van der Waals surface area contributed by atoms with E-state index in [0.29, 0.717) is 5.01 Å². The second kappa shape index (κ2) is 9.80. The molecule has 4 N–H and O–H groups in total. The smallest absolute Gasteiger partial charge is 0.407 e. The van der Waals surface area contributed by atoms with Crippen LogP contribution >= 0.6 is 11.3 Å². The number of nitrogens with zero attached hydrogens (tertiary/aromatic N) is 1. The van der Waals surface area contributed by atoms with E-state index < -0.39 is 30.6 Å². The van der Waals surface area contributed by atoms with Crippen molar-refractivity contribution in [2.75, 3.05) is 13.2 Å². The van der Waals surface area contributed by atoms with Crippen molar-refractivity contribution < 1.29 is 29.3 Å². The van der Waals surface area contributed by atoms with Gasteiger partial charge in [0.15, 0.2) is 6.10 Å². The van der Waals surface area contributed by atoms with Gasteiger partial charge in [-0.05, 0) is 22.3 Å². The summed E-state index contributed by atoms with van der Waals surface area (Å²) < 4.78 is 5.47. The van der Waals surface area contributed by atoms with Crippen molar-refractivity contribution in [2.24, 2.45) is 0 Å². The van der Waals surface area contributed by atoms with Gasteiger partial charge in [-0.3, -0.25) is 4.79 Å². The normalized spacial score (nSPS) is 13.0. The first kappa shape index (κ1) is 22.4. The Bertz CT molecular complexity index is 1150. The Morgan fingerprint density at radius 1 is 1.03 bits per heavy atom. The average Bonchev–Trinajstić information content (AvgIpc) is 3.42. The SMILES string of the molecule is O=C(NCc1nc(C(=O)NCC(O)C(=O)O)cs1)OCC1c2ccccc2-c2ccccc21. The van der Waals surface area contributed by atoms with E-state index in [0.717, 1.165) is 33.6 Å². The summed E-state index contributed by atoms with van der Waals surface area (Å²) in [5, 5.41) is 24.7. The molecule has 0 radical (unpaired) electrons. The first-order valence-electron chi connectivity index (χ1n) is 10.2. The number of aliphatic hydroxyl groups is 1. The highest BCUT2D eigenvalue weighted by Crippen LogP contribution is 2.44. The fourth-order valence-electron chi connectivity index (χ4n) is 3.66. The van der Waals surface area contributed by atoms with Crippen LogP contribution in [0.4, 0.5) is 4.79 Å². The number of nitrogens with one attached hydrogen (secondary N) is 2. The first-order chi connectivity index (χ1) is 15.9. The van der Waals surface area contributed by atoms with Gasteiger partial charge in [0.05, 0.1) is 13.1 Å². The number of rotatable bonds is 8. The van der Waals surface area contributed by atoms with E-state index in [1.165, 1.54) is 5.38 Å². The molecule has 1 atom stereocenters. The Labute approximate surface area is 193 Å². The molecule has 0 saturated heterocycles. The predicted octanol–water partition coefficient (Wildman–Crippen LogP) is 2.36. The Kier molecular flexibility index (Phi) is 6.66. The summed E-state index contributed by atoms with van der Waals surface area (Å²) in [7, 11) is 0. The number of aliphatic hydroxyl groups excluding tert-OH is 1. The standard InChI is InChI=1S/C23H21N3O6S/c27-19(22(29)30)9-24-21(28)18-12-33-20(26-18)10-25-23(31)32-11-17-15-7-3-1-5-13(15)14-6-2-4-8-16(14)17/h1-8,12,17,19,27H,9-11H2,(H,24,28)(H,25,31)(H,29,30). The Hall–Kier alpha value is -3.76. The summed E-state index contributed by atoms with van der Waals surface area (Å²) in [6, 6.07) is 16.1. The summed E-state index contributed by atoms with van der Waals surface area (Å²) in [5.41, 5.74) is 4.60. The van der Waals surface area contributed by atoms with E-state index in [-0.39, 0.29) is 24.8 Å². The van der Waals surface area contributed by atoms with E-state index in [1.807, 2.05) is 36.4 Å². The number of aromatic nitrogens is 1. The van der Waals surface area contributed by atoms with Crippen LogP contribution in [0, 0.1) is 0 Å². The fourth-order valence-corrected chi connectivity index (χ4v) is 4.37. The van der Waals surface area contributed by atoms with Crippen LogP contribution in [0.3, 0.4) is 0 Å². The second-order valence-corrected chi connectivity index (χ2v) is 8.31. The van der Waals surface area contributed by atoms with Crippen LogP contribution in [-0.2, 0) is 16.1 Å². The number of carbonyl (C=O) groups is 3. The zero-order valence-corrected chi connectivity index (χ0v) is 18.2. The number of carboxylic acid groups (broad SMARTS) is 1. The van der Waals surface area contributed by atoms with Gasteiger partial charge in [0.25, 0.3) is 5.91 Å². The molecule has 2 amide bonds. The molecule has 0 spiro atoms. The Morgan fingerprint density at radius 2 is 1.67 bits per heavy atom. The predicted molar refractivity (Wildman–Crippen MR) is 120 cm³/mol. The molecule has 33 heavy (non-hydrogen) atoms. The molecule has 0 aliphatic heterocycles. The number of thiazole rings is 1. The third kappa shape index (κ3) is 5.02. The molecule has 3 aromatic rings. The van der Waals surface area contributed by atoms with Crippen molar-refractivity contribution in [1.29, 1.82) is 0 Å². The van der Waals surface area contributed by atoms with Crippen molar-refractivity contribution in [1.82, 2.24) is 15.6 Å². The van der Waals surface area contributed by atoms with Gasteiger partial charge in [-0.2, -0.15) is 0 Å². The van der Waals surface area contributed by atoms with Gasteiger partial charge in [-0.15, -0.1) is 11.3 Å². The van der Waals surface area contributed by atoms with E-state index in [1.54, 1.807) is 0 Å². The minimum atomic E-state index is -1.69. The average molecular weight is 468 g/mol. The van der Waals surface area contributed by atoms with Gasteiger partial charge in [-0.25, -0.2) is 14.6 Å². The molecular weight excluding hydrogens is 446 g/mol. The maximum Gasteiger partial charge on any atom is 0.407 e. The lowest BCUT2D eigenvalue weighted by atomic mass is 9.98. The van der Waals surface area contributed by atoms with Crippen molar-refractivity contribution in [3.8, 4) is 11.1 Å². The molecule has 1 aromatic heterocycles. The number of ether oxygens (including phenoxy) is 1. The van der Waals surface area contributed by atoms with Crippen molar-refractivity contribution in [3.63, 3.8) is 0 Å². The molecule has 9 nitrogen and oxygen atoms in total. The van der Waals surface area contributed by atoms with Crippen LogP contribution in [0.2, 0.25) is 0 Å². The summed E-state index contributed by atoms with van der Waals surface area (Å²) in [6.45, 7) is -0.164. The summed E-state index contributed by atoms with van der Waals surface area (Å²) in [6.07, 6.45) is -2.29. The van der Waals surface area contributed by atoms with E-state index >= 15 is 0 Å². The Morgan fingerprint density at radius 3 is 2.30 bits per heavy atom. The highest BCUT2D eigenvalue weighted by Gasteiger charge is 2.29. The molecule has 1 aliphatic rings. The van der Waals surface area contributed by atoms with Crippen LogP contribution in [0.5, 0.6) is 0 Å². The lowest BCUT2D eigenvalue weighted by Crippen LogP contribution is -2.36. The number of amides is 2. The van der Waals surface area contributed by atoms with Gasteiger partial charge in [0.1, 0.15) is 17.3 Å². The zero-order chi connectivity index (χ0) is 23.4. The summed E-state index contributed by atoms with van der Waals surface area (Å²) in [4.78, 5) is 39.0. The lowest BCUT2D eigenvalue weighted by Gasteiger charge is -2.14. The van der Waals surface area contributed by atoms with Crippen molar-refractivity contribution >= 4 is 29.3 Å². The largest absolute Gasteiger partial charge is 0.479 e. The van der Waals surface area contributed by atoms with Gasteiger partial charge in [-0.1, -0.05) is 48.5 Å². The molecule has 2 aromatic carbocycles. The monoisotopic (exact) mass is 467 g/mol. The number of aliphatic carboxylic acids is 1. The molecule has 0 saturated carbocycles. The topological polar surface area (TPSA) is 138 Å². The van der Waals surface area contributed by atoms with Gasteiger partial charge in [0.2, 0.25) is 0 Å². The summed E-state index contributed by atoms with van der Waals surface area (Å²) >= 11 is 1.16. The molecule has 1 aliphatic carbocycles. The van der Waals surface area contributed by atoms with E-state index in [9.17, 15) is 19.5 Å². The van der Waals surface area contributed by atoms with Gasteiger partial charge in [0, 0.05) is 11.3 Å². The maximum atomic E-state index is 12.3. The molecule has 0 bridgehead atoms.